The standard InChI is InChI=1S/C17H21N3O2/c1-13-18-9-11-20(13)10-4-12-22-16-7-3-6-15-14(16)5-2-8-17(21)19-15/h3,6-7,9,11H,2,4-5,8,10,12H2,1H3,(H,19,21). The molecule has 0 saturated carbocycles. The molecule has 3 rings (SSSR count). The van der Waals surface area contributed by atoms with Gasteiger partial charge in [-0.05, 0) is 38.3 Å². The number of aryl methyl sites for hydroxylation is 2. The molecule has 5 nitrogen and oxygen atoms in total. The van der Waals surface area contributed by atoms with E-state index in [-0.39, 0.29) is 5.91 Å². The molecule has 1 amide bonds. The zero-order chi connectivity index (χ0) is 15.4. The topological polar surface area (TPSA) is 56.2 Å². The number of rotatable bonds is 5. The molecule has 0 radical (unpaired) electrons. The Hall–Kier alpha value is -2.30. The number of fused-ring (bicyclic) bond motifs is 1. The lowest BCUT2D eigenvalue weighted by Crippen LogP contribution is -2.10. The van der Waals surface area contributed by atoms with Crippen LogP contribution in [0.5, 0.6) is 5.75 Å². The van der Waals surface area contributed by atoms with Crippen LogP contribution in [-0.4, -0.2) is 22.1 Å². The molecular formula is C17H21N3O2. The molecule has 22 heavy (non-hydrogen) atoms. The quantitative estimate of drug-likeness (QED) is 0.864. The number of hydrogen-bond acceptors (Lipinski definition) is 3. The molecule has 0 saturated heterocycles. The van der Waals surface area contributed by atoms with Crippen molar-refractivity contribution < 1.29 is 9.53 Å². The monoisotopic (exact) mass is 299 g/mol. The van der Waals surface area contributed by atoms with Crippen molar-refractivity contribution in [2.75, 3.05) is 11.9 Å². The molecule has 1 aromatic heterocycles. The van der Waals surface area contributed by atoms with Crippen LogP contribution < -0.4 is 10.1 Å². The van der Waals surface area contributed by atoms with Gasteiger partial charge in [-0.15, -0.1) is 0 Å². The Morgan fingerprint density at radius 3 is 3.09 bits per heavy atom. The van der Waals surface area contributed by atoms with E-state index in [1.807, 2.05) is 37.5 Å². The van der Waals surface area contributed by atoms with Crippen LogP contribution in [0.15, 0.2) is 30.6 Å². The Balaban J connectivity index is 1.60. The van der Waals surface area contributed by atoms with Crippen LogP contribution in [0.3, 0.4) is 0 Å². The first-order valence-corrected chi connectivity index (χ1v) is 7.76. The highest BCUT2D eigenvalue weighted by molar-refractivity contribution is 5.92. The van der Waals surface area contributed by atoms with E-state index in [1.165, 1.54) is 0 Å². The van der Waals surface area contributed by atoms with Crippen molar-refractivity contribution in [1.29, 1.82) is 0 Å². The number of amides is 1. The maximum atomic E-state index is 11.6. The fourth-order valence-electron chi connectivity index (χ4n) is 2.77. The van der Waals surface area contributed by atoms with Crippen molar-refractivity contribution in [3.05, 3.63) is 42.0 Å². The Morgan fingerprint density at radius 2 is 2.27 bits per heavy atom. The van der Waals surface area contributed by atoms with E-state index in [1.54, 1.807) is 0 Å². The van der Waals surface area contributed by atoms with Gasteiger partial charge in [0, 0.05) is 36.6 Å². The summed E-state index contributed by atoms with van der Waals surface area (Å²) in [5, 5.41) is 2.95. The third-order valence-corrected chi connectivity index (χ3v) is 3.96. The number of imidazole rings is 1. The van der Waals surface area contributed by atoms with Crippen LogP contribution in [-0.2, 0) is 17.8 Å². The van der Waals surface area contributed by atoms with Gasteiger partial charge in [0.25, 0.3) is 0 Å². The van der Waals surface area contributed by atoms with Crippen LogP contribution in [0.1, 0.15) is 30.7 Å². The Labute approximate surface area is 130 Å². The summed E-state index contributed by atoms with van der Waals surface area (Å²) in [6.07, 6.45) is 7.05. The summed E-state index contributed by atoms with van der Waals surface area (Å²) in [6, 6.07) is 5.86. The lowest BCUT2D eigenvalue weighted by atomic mass is 10.1. The van der Waals surface area contributed by atoms with E-state index in [9.17, 15) is 4.79 Å². The SMILES string of the molecule is Cc1nccn1CCCOc1cccc2c1CCCC(=O)N2. The van der Waals surface area contributed by atoms with Crippen molar-refractivity contribution in [3.63, 3.8) is 0 Å². The molecule has 1 N–H and O–H groups in total. The molecule has 0 aliphatic carbocycles. The minimum Gasteiger partial charge on any atom is -0.493 e. The number of aromatic nitrogens is 2. The summed E-state index contributed by atoms with van der Waals surface area (Å²) in [6.45, 7) is 3.56. The second-order valence-corrected chi connectivity index (χ2v) is 5.55. The number of nitrogens with one attached hydrogen (secondary N) is 1. The number of ether oxygens (including phenoxy) is 1. The zero-order valence-electron chi connectivity index (χ0n) is 12.8. The van der Waals surface area contributed by atoms with E-state index < -0.39 is 0 Å². The second-order valence-electron chi connectivity index (χ2n) is 5.55. The number of nitrogens with zero attached hydrogens (tertiary/aromatic N) is 2. The molecule has 2 heterocycles. The van der Waals surface area contributed by atoms with Crippen molar-refractivity contribution in [2.45, 2.75) is 39.2 Å². The molecule has 0 unspecified atom stereocenters. The molecule has 5 heteroatoms. The zero-order valence-corrected chi connectivity index (χ0v) is 12.8. The summed E-state index contributed by atoms with van der Waals surface area (Å²) >= 11 is 0. The number of carbonyl (C=O) groups excluding carboxylic acids is 1. The molecule has 0 bridgehead atoms. The van der Waals surface area contributed by atoms with Gasteiger partial charge < -0.3 is 14.6 Å². The second kappa shape index (κ2) is 6.64. The van der Waals surface area contributed by atoms with Crippen LogP contribution in [0.2, 0.25) is 0 Å². The highest BCUT2D eigenvalue weighted by atomic mass is 16.5. The fraction of sp³-hybridized carbons (Fsp3) is 0.412. The largest absolute Gasteiger partial charge is 0.493 e. The van der Waals surface area contributed by atoms with Crippen LogP contribution in [0, 0.1) is 6.92 Å². The summed E-state index contributed by atoms with van der Waals surface area (Å²) < 4.78 is 8.07. The van der Waals surface area contributed by atoms with Gasteiger partial charge in [0.05, 0.1) is 6.61 Å². The average molecular weight is 299 g/mol. The molecule has 1 aliphatic heterocycles. The molecule has 116 valence electrons. The van der Waals surface area contributed by atoms with Gasteiger partial charge in [0.15, 0.2) is 0 Å². The van der Waals surface area contributed by atoms with Crippen LogP contribution in [0.4, 0.5) is 5.69 Å². The maximum absolute atomic E-state index is 11.6. The van der Waals surface area contributed by atoms with Gasteiger partial charge in [-0.3, -0.25) is 4.79 Å². The number of anilines is 1. The number of hydrogen-bond donors (Lipinski definition) is 1. The molecule has 1 aliphatic rings. The van der Waals surface area contributed by atoms with Gasteiger partial charge >= 0.3 is 0 Å². The summed E-state index contributed by atoms with van der Waals surface area (Å²) in [7, 11) is 0. The Morgan fingerprint density at radius 1 is 1.36 bits per heavy atom. The van der Waals surface area contributed by atoms with Crippen molar-refractivity contribution in [1.82, 2.24) is 9.55 Å². The van der Waals surface area contributed by atoms with E-state index in [0.717, 1.165) is 48.6 Å². The smallest absolute Gasteiger partial charge is 0.224 e. The minimum absolute atomic E-state index is 0.0893. The highest BCUT2D eigenvalue weighted by Gasteiger charge is 2.16. The number of benzene rings is 1. The van der Waals surface area contributed by atoms with E-state index in [0.29, 0.717) is 13.0 Å². The summed E-state index contributed by atoms with van der Waals surface area (Å²) in [4.78, 5) is 15.8. The van der Waals surface area contributed by atoms with Crippen molar-refractivity contribution >= 4 is 11.6 Å². The first-order valence-electron chi connectivity index (χ1n) is 7.76. The Bertz CT molecular complexity index is 664. The third-order valence-electron chi connectivity index (χ3n) is 3.96. The fourth-order valence-corrected chi connectivity index (χ4v) is 2.77. The number of carbonyl (C=O) groups is 1. The Kier molecular flexibility index (Phi) is 4.42. The summed E-state index contributed by atoms with van der Waals surface area (Å²) in [5.41, 5.74) is 2.01. The molecular weight excluding hydrogens is 278 g/mol. The third kappa shape index (κ3) is 3.30. The molecule has 2 aromatic rings. The lowest BCUT2D eigenvalue weighted by molar-refractivity contribution is -0.116. The molecule has 1 aromatic carbocycles. The van der Waals surface area contributed by atoms with Crippen molar-refractivity contribution in [2.24, 2.45) is 0 Å². The van der Waals surface area contributed by atoms with E-state index in [4.69, 9.17) is 4.74 Å². The highest BCUT2D eigenvalue weighted by Crippen LogP contribution is 2.30. The lowest BCUT2D eigenvalue weighted by Gasteiger charge is -2.14. The predicted molar refractivity (Wildman–Crippen MR) is 85.1 cm³/mol. The van der Waals surface area contributed by atoms with Gasteiger partial charge in [0.2, 0.25) is 5.91 Å². The average Bonchev–Trinajstić information content (AvgIpc) is 2.80. The van der Waals surface area contributed by atoms with E-state index >= 15 is 0 Å². The van der Waals surface area contributed by atoms with E-state index in [2.05, 4.69) is 14.9 Å². The normalized spacial score (nSPS) is 14.1. The molecule has 0 atom stereocenters. The first-order chi connectivity index (χ1) is 10.7. The van der Waals surface area contributed by atoms with Crippen molar-refractivity contribution in [3.8, 4) is 5.75 Å². The van der Waals surface area contributed by atoms with Gasteiger partial charge in [-0.25, -0.2) is 4.98 Å². The van der Waals surface area contributed by atoms with Gasteiger partial charge in [-0.2, -0.15) is 0 Å². The minimum atomic E-state index is 0.0893. The summed E-state index contributed by atoms with van der Waals surface area (Å²) in [5.74, 6) is 2.00. The predicted octanol–water partition coefficient (Wildman–Crippen LogP) is 2.94. The first kappa shape index (κ1) is 14.6. The van der Waals surface area contributed by atoms with Crippen LogP contribution in [0.25, 0.3) is 0 Å². The van der Waals surface area contributed by atoms with Gasteiger partial charge in [-0.1, -0.05) is 6.07 Å². The maximum Gasteiger partial charge on any atom is 0.224 e. The van der Waals surface area contributed by atoms with Crippen LogP contribution >= 0.6 is 0 Å². The molecule has 0 spiro atoms. The molecule has 0 fully saturated rings. The van der Waals surface area contributed by atoms with Gasteiger partial charge in [0.1, 0.15) is 11.6 Å².